The molecule has 0 bridgehead atoms. The molecule has 0 aliphatic carbocycles. The molecule has 8 nitrogen and oxygen atoms in total. The van der Waals surface area contributed by atoms with Gasteiger partial charge in [-0.2, -0.15) is 15.0 Å². The summed E-state index contributed by atoms with van der Waals surface area (Å²) in [5.74, 6) is 2.55. The summed E-state index contributed by atoms with van der Waals surface area (Å²) in [6.07, 6.45) is 3.80. The van der Waals surface area contributed by atoms with Gasteiger partial charge in [-0.25, -0.2) is 15.0 Å². The van der Waals surface area contributed by atoms with E-state index in [1.807, 2.05) is 48.5 Å². The SMILES string of the molecule is Cc1cc(-n2ncc(C#N)c2Nc2nc3ccccc3nc2N2CCCC2)nc2ccccc12. The van der Waals surface area contributed by atoms with E-state index in [-0.39, 0.29) is 0 Å². The summed E-state index contributed by atoms with van der Waals surface area (Å²) in [7, 11) is 0. The van der Waals surface area contributed by atoms with Crippen LogP contribution in [0.4, 0.5) is 17.5 Å². The molecule has 2 aromatic carbocycles. The molecule has 0 amide bonds. The highest BCUT2D eigenvalue weighted by atomic mass is 15.4. The number of aryl methyl sites for hydroxylation is 1. The predicted octanol–water partition coefficient (Wildman–Crippen LogP) is 4.89. The number of nitriles is 1. The number of hydrogen-bond donors (Lipinski definition) is 1. The van der Waals surface area contributed by atoms with Crippen molar-refractivity contribution in [3.63, 3.8) is 0 Å². The van der Waals surface area contributed by atoms with Crippen LogP contribution in [0.15, 0.2) is 60.8 Å². The minimum absolute atomic E-state index is 0.412. The van der Waals surface area contributed by atoms with E-state index in [0.717, 1.165) is 59.2 Å². The lowest BCUT2D eigenvalue weighted by Crippen LogP contribution is -2.21. The van der Waals surface area contributed by atoms with Gasteiger partial charge in [-0.1, -0.05) is 30.3 Å². The van der Waals surface area contributed by atoms with Crippen LogP contribution in [-0.2, 0) is 0 Å². The summed E-state index contributed by atoms with van der Waals surface area (Å²) in [5.41, 5.74) is 4.01. The zero-order valence-electron chi connectivity index (χ0n) is 18.7. The maximum Gasteiger partial charge on any atom is 0.175 e. The average molecular weight is 447 g/mol. The summed E-state index contributed by atoms with van der Waals surface area (Å²) in [4.78, 5) is 16.9. The van der Waals surface area contributed by atoms with E-state index < -0.39 is 0 Å². The number of fused-ring (bicyclic) bond motifs is 2. The third-order valence-electron chi connectivity index (χ3n) is 6.21. The summed E-state index contributed by atoms with van der Waals surface area (Å²) in [5, 5.41) is 18.8. The van der Waals surface area contributed by atoms with Crippen LogP contribution in [-0.4, -0.2) is 37.8 Å². The molecular weight excluding hydrogens is 424 g/mol. The molecule has 1 saturated heterocycles. The van der Waals surface area contributed by atoms with Crippen molar-refractivity contribution in [2.24, 2.45) is 0 Å². The molecule has 4 heterocycles. The molecule has 8 heteroatoms. The van der Waals surface area contributed by atoms with E-state index in [4.69, 9.17) is 15.0 Å². The van der Waals surface area contributed by atoms with Gasteiger partial charge in [0.15, 0.2) is 23.3 Å². The van der Waals surface area contributed by atoms with Crippen LogP contribution >= 0.6 is 0 Å². The van der Waals surface area contributed by atoms with Gasteiger partial charge < -0.3 is 10.2 Å². The van der Waals surface area contributed by atoms with Crippen molar-refractivity contribution in [3.8, 4) is 11.9 Å². The first-order chi connectivity index (χ1) is 16.7. The van der Waals surface area contributed by atoms with Crippen molar-refractivity contribution in [1.82, 2.24) is 24.7 Å². The number of nitrogens with one attached hydrogen (secondary N) is 1. The topological polar surface area (TPSA) is 95.5 Å². The van der Waals surface area contributed by atoms with Gasteiger partial charge in [0, 0.05) is 18.5 Å². The van der Waals surface area contributed by atoms with Gasteiger partial charge in [0.05, 0.1) is 22.7 Å². The second kappa shape index (κ2) is 8.12. The quantitative estimate of drug-likeness (QED) is 0.420. The molecule has 0 unspecified atom stereocenters. The van der Waals surface area contributed by atoms with Crippen LogP contribution in [0.25, 0.3) is 27.8 Å². The number of anilines is 3. The summed E-state index contributed by atoms with van der Waals surface area (Å²) in [6.45, 7) is 3.91. The largest absolute Gasteiger partial charge is 0.354 e. The third kappa shape index (κ3) is 3.39. The van der Waals surface area contributed by atoms with Crippen LogP contribution in [0, 0.1) is 18.3 Å². The van der Waals surface area contributed by atoms with E-state index in [1.165, 1.54) is 0 Å². The summed E-state index contributed by atoms with van der Waals surface area (Å²) < 4.78 is 1.67. The van der Waals surface area contributed by atoms with E-state index in [1.54, 1.807) is 10.9 Å². The van der Waals surface area contributed by atoms with Crippen molar-refractivity contribution >= 4 is 39.4 Å². The standard InChI is InChI=1S/C26H22N8/c1-17-14-23(29-20-9-3-2-8-19(17)20)34-25(18(15-27)16-28-34)32-24-26(33-12-6-7-13-33)31-22-11-5-4-10-21(22)30-24/h2-5,8-11,14,16H,6-7,12-13H2,1H3,(H,30,32). The first-order valence-corrected chi connectivity index (χ1v) is 11.3. The van der Waals surface area contributed by atoms with Gasteiger partial charge in [-0.05, 0) is 49.6 Å². The number of nitrogens with zero attached hydrogens (tertiary/aromatic N) is 7. The minimum atomic E-state index is 0.412. The maximum atomic E-state index is 9.83. The van der Waals surface area contributed by atoms with Crippen molar-refractivity contribution in [2.75, 3.05) is 23.3 Å². The average Bonchev–Trinajstić information content (AvgIpc) is 3.54. The fraction of sp³-hybridized carbons (Fsp3) is 0.192. The number of para-hydroxylation sites is 3. The van der Waals surface area contributed by atoms with Crippen LogP contribution in [0.3, 0.4) is 0 Å². The Morgan fingerprint density at radius 3 is 2.38 bits per heavy atom. The molecular formula is C26H22N8. The Kier molecular flexibility index (Phi) is 4.81. The Labute approximate surface area is 196 Å². The van der Waals surface area contributed by atoms with Crippen molar-refractivity contribution in [1.29, 1.82) is 5.26 Å². The van der Waals surface area contributed by atoms with E-state index in [0.29, 0.717) is 23.0 Å². The molecule has 5 aromatic rings. The normalized spacial score (nSPS) is 13.5. The number of rotatable bonds is 4. The highest BCUT2D eigenvalue weighted by molar-refractivity contribution is 5.84. The molecule has 1 fully saturated rings. The van der Waals surface area contributed by atoms with Crippen LogP contribution in [0.2, 0.25) is 0 Å². The lowest BCUT2D eigenvalue weighted by molar-refractivity contribution is 0.856. The number of benzene rings is 2. The van der Waals surface area contributed by atoms with Crippen LogP contribution in [0.1, 0.15) is 24.0 Å². The van der Waals surface area contributed by atoms with Crippen LogP contribution < -0.4 is 10.2 Å². The highest BCUT2D eigenvalue weighted by Crippen LogP contribution is 2.32. The van der Waals surface area contributed by atoms with Crippen molar-refractivity contribution < 1.29 is 0 Å². The molecule has 6 rings (SSSR count). The van der Waals surface area contributed by atoms with E-state index in [2.05, 4.69) is 34.4 Å². The zero-order valence-corrected chi connectivity index (χ0v) is 18.7. The molecule has 166 valence electrons. The van der Waals surface area contributed by atoms with Gasteiger partial charge in [0.2, 0.25) is 0 Å². The molecule has 0 saturated carbocycles. The Hall–Kier alpha value is -4.51. The van der Waals surface area contributed by atoms with Crippen molar-refractivity contribution in [2.45, 2.75) is 19.8 Å². The fourth-order valence-electron chi connectivity index (χ4n) is 4.50. The summed E-state index contributed by atoms with van der Waals surface area (Å²) in [6, 6.07) is 20.1. The second-order valence-corrected chi connectivity index (χ2v) is 8.45. The first-order valence-electron chi connectivity index (χ1n) is 11.3. The zero-order chi connectivity index (χ0) is 23.1. The molecule has 1 aliphatic heterocycles. The summed E-state index contributed by atoms with van der Waals surface area (Å²) >= 11 is 0. The smallest absolute Gasteiger partial charge is 0.175 e. The number of aromatic nitrogens is 5. The van der Waals surface area contributed by atoms with Gasteiger partial charge in [-0.3, -0.25) is 0 Å². The Morgan fingerprint density at radius 2 is 1.62 bits per heavy atom. The third-order valence-corrected chi connectivity index (χ3v) is 6.21. The first kappa shape index (κ1) is 20.1. The second-order valence-electron chi connectivity index (χ2n) is 8.45. The number of pyridine rings is 1. The van der Waals surface area contributed by atoms with E-state index in [9.17, 15) is 5.26 Å². The van der Waals surface area contributed by atoms with Gasteiger partial charge in [0.1, 0.15) is 11.6 Å². The molecule has 1 N–H and O–H groups in total. The Morgan fingerprint density at radius 1 is 0.912 bits per heavy atom. The van der Waals surface area contributed by atoms with Crippen LogP contribution in [0.5, 0.6) is 0 Å². The predicted molar refractivity (Wildman–Crippen MR) is 133 cm³/mol. The highest BCUT2D eigenvalue weighted by Gasteiger charge is 2.22. The Balaban J connectivity index is 1.50. The molecule has 0 radical (unpaired) electrons. The molecule has 34 heavy (non-hydrogen) atoms. The molecule has 1 aliphatic rings. The molecule has 3 aromatic heterocycles. The van der Waals surface area contributed by atoms with Gasteiger partial charge in [0.25, 0.3) is 0 Å². The van der Waals surface area contributed by atoms with E-state index >= 15 is 0 Å². The molecule has 0 atom stereocenters. The van der Waals surface area contributed by atoms with Crippen molar-refractivity contribution in [3.05, 3.63) is 71.9 Å². The van der Waals surface area contributed by atoms with Gasteiger partial charge >= 0.3 is 0 Å². The minimum Gasteiger partial charge on any atom is -0.354 e. The number of hydrogen-bond acceptors (Lipinski definition) is 7. The fourth-order valence-corrected chi connectivity index (χ4v) is 4.50. The lowest BCUT2D eigenvalue weighted by atomic mass is 10.1. The molecule has 0 spiro atoms. The monoisotopic (exact) mass is 446 g/mol. The van der Waals surface area contributed by atoms with Gasteiger partial charge in [-0.15, -0.1) is 0 Å². The Bertz CT molecular complexity index is 1570. The maximum absolute atomic E-state index is 9.83. The lowest BCUT2D eigenvalue weighted by Gasteiger charge is -2.21.